The molecule has 0 radical (unpaired) electrons. The van der Waals surface area contributed by atoms with Crippen molar-refractivity contribution < 1.29 is 66.1 Å². The van der Waals surface area contributed by atoms with Crippen molar-refractivity contribution in [2.24, 2.45) is 15.9 Å². The van der Waals surface area contributed by atoms with E-state index < -0.39 is 31.0 Å². The molecule has 8 heterocycles. The predicted octanol–water partition coefficient (Wildman–Crippen LogP) is 11.8. The topological polar surface area (TPSA) is 184 Å². The van der Waals surface area contributed by atoms with E-state index in [-0.39, 0.29) is 37.8 Å². The number of carbonyl (C=O) groups is 3. The van der Waals surface area contributed by atoms with Gasteiger partial charge in [0.05, 0.1) is 13.2 Å². The Kier molecular flexibility index (Phi) is 18.9. The Hall–Kier alpha value is -7.66. The van der Waals surface area contributed by atoms with Gasteiger partial charge in [0.15, 0.2) is 17.1 Å². The van der Waals surface area contributed by atoms with E-state index >= 15 is 0 Å². The first-order valence-corrected chi connectivity index (χ1v) is 30.4. The first kappa shape index (κ1) is 60.9. The van der Waals surface area contributed by atoms with Gasteiger partial charge in [-0.3, -0.25) is 0 Å². The largest absolute Gasteiger partial charge is 0.493 e. The summed E-state index contributed by atoms with van der Waals surface area (Å²) in [7, 11) is 7.69. The number of allylic oxidation sites excluding steroid dienone is 5. The van der Waals surface area contributed by atoms with Crippen LogP contribution >= 0.6 is 21.7 Å². The first-order valence-electron chi connectivity index (χ1n) is 27.6. The van der Waals surface area contributed by atoms with Crippen LogP contribution in [0.15, 0.2) is 130 Å². The van der Waals surface area contributed by atoms with Gasteiger partial charge in [0.2, 0.25) is 6.79 Å². The van der Waals surface area contributed by atoms with Crippen LogP contribution in [0.4, 0.5) is 4.39 Å². The number of carbonyl (C=O) groups excluding carboxylic acids is 1. The van der Waals surface area contributed by atoms with E-state index in [1.165, 1.54) is 17.7 Å². The molecule has 1 saturated heterocycles. The fraction of sp³-hybridized carbons (Fsp3) is 0.308. The number of nitrogens with one attached hydrogen (secondary N) is 1. The minimum absolute atomic E-state index is 0.0370. The van der Waals surface area contributed by atoms with Crippen molar-refractivity contribution in [2.45, 2.75) is 92.1 Å². The standard InChI is InChI=1S/C34H34N4O4.C19H20FNO3.C12H15ClO3.ClH.Fe/c1-7-21-17(3)25-13-26-19(5)23(9-11-33(39)40)31(37-26)16-32-24(10-12-34(41)42)20(6)28(38-32)15-30-22(8-2)18(4)27(36-30)14-29(21)35-25;20-15-3-1-13(2-4-15)17-7-8-21-10-14(17)11-22-16-5-6-18-19(9-16)24-12-23-18;1-4-15-11(14)12(2,3)16-10-7-5-9(13)6-8-10;;/h7-8,13-16H,1-2,9-12H2,3-6H3,(H4,35,36,37,38,39,40,41,42);1-6,9,14,17,21H,7-8,10-12H2;5-8H,4H2,1-3H3;1H;/q;;;;+3/p-3/b25-13?,26-13-,27-14-,28-15-,29-14?,30-15?,31-16?,32-16-;;;;/t;14-,17-;;;/m.0.../s1. The summed E-state index contributed by atoms with van der Waals surface area (Å²) in [4.78, 5) is 45.1. The van der Waals surface area contributed by atoms with Crippen LogP contribution in [0.1, 0.15) is 105 Å². The summed E-state index contributed by atoms with van der Waals surface area (Å²) < 4.78 is 44.6. The number of hydrogen-bond acceptors (Lipinski definition) is 11. The maximum atomic E-state index is 13.2. The van der Waals surface area contributed by atoms with E-state index in [0.717, 1.165) is 120 Å². The first-order chi connectivity index (χ1) is 40.2. The van der Waals surface area contributed by atoms with Gasteiger partial charge in [-0.15, -0.1) is 0 Å². The second-order valence-electron chi connectivity index (χ2n) is 21.1. The molecule has 2 atom stereocenters. The molecule has 0 amide bonds. The second-order valence-corrected chi connectivity index (χ2v) is 24.1. The maximum Gasteiger partial charge on any atom is 0.349 e. The van der Waals surface area contributed by atoms with E-state index in [1.54, 1.807) is 45.0 Å². The number of hydrogen-bond donors (Lipinski definition) is 3. The number of carboxylic acid groups (broad SMARTS) is 2. The number of rotatable bonds is 16. The SMILES string of the molecule is C=CC1=C(C)/C2=C/c3c(C=C)c(C)c4[n]3[Fe]([Cl])[n]3/c(c(C)c(CCC(=O)O)/c3=C/C3=NC(=C\4)/C(C)=C3CCC(=O)O)=C\C1=N2.CCOC(=O)C(C)(C)Oc1ccc(Cl)cc1.Fc1ccc([C@@H]2CCNC[C@H]2COc2ccc3c(c2)OCO3)cc1. The van der Waals surface area contributed by atoms with E-state index in [2.05, 4.69) is 31.7 Å². The Morgan fingerprint density at radius 1 is 0.821 bits per heavy atom. The zero-order valence-electron chi connectivity index (χ0n) is 47.9. The van der Waals surface area contributed by atoms with E-state index in [9.17, 15) is 29.0 Å². The van der Waals surface area contributed by atoms with Crippen molar-refractivity contribution in [2.75, 3.05) is 33.1 Å². The number of piperidine rings is 1. The summed E-state index contributed by atoms with van der Waals surface area (Å²) in [5, 5.41) is 24.9. The Bertz CT molecular complexity index is 3790. The van der Waals surface area contributed by atoms with Crippen LogP contribution in [-0.4, -0.2) is 85.4 Å². The Morgan fingerprint density at radius 3 is 2.17 bits per heavy atom. The van der Waals surface area contributed by atoms with Gasteiger partial charge in [0.25, 0.3) is 0 Å². The number of esters is 1. The van der Waals surface area contributed by atoms with Crippen LogP contribution in [0.5, 0.6) is 23.0 Å². The molecule has 0 saturated carbocycles. The maximum absolute atomic E-state index is 13.2. The van der Waals surface area contributed by atoms with Crippen LogP contribution in [0.3, 0.4) is 0 Å². The predicted molar refractivity (Wildman–Crippen MR) is 323 cm³/mol. The molecule has 0 aliphatic carbocycles. The molecule has 3 N–H and O–H groups in total. The normalized spacial score (nSPS) is 19.6. The molecular formula is C65H67Cl2FFeN5O10. The van der Waals surface area contributed by atoms with Crippen LogP contribution in [0.2, 0.25) is 5.02 Å². The average molecular weight is 1220 g/mol. The van der Waals surface area contributed by atoms with Crippen molar-refractivity contribution in [3.05, 3.63) is 180 Å². The van der Waals surface area contributed by atoms with Crippen molar-refractivity contribution >= 4 is 81.4 Å². The summed E-state index contributed by atoms with van der Waals surface area (Å²) in [5.74, 6) is 1.21. The Morgan fingerprint density at radius 2 is 1.48 bits per heavy atom. The third-order valence-corrected chi connectivity index (χ3v) is 18.4. The van der Waals surface area contributed by atoms with E-state index in [0.29, 0.717) is 48.0 Å². The number of aromatic nitrogens is 2. The number of aliphatic imine (C=N–C) groups is 2. The fourth-order valence-electron chi connectivity index (χ4n) is 10.8. The van der Waals surface area contributed by atoms with Gasteiger partial charge < -0.3 is 29.0 Å². The van der Waals surface area contributed by atoms with Gasteiger partial charge >= 0.3 is 271 Å². The van der Waals surface area contributed by atoms with Crippen molar-refractivity contribution in [3.63, 3.8) is 0 Å². The molecule has 11 rings (SSSR count). The van der Waals surface area contributed by atoms with Crippen molar-refractivity contribution in [1.29, 1.82) is 0 Å². The molecule has 15 nitrogen and oxygen atoms in total. The van der Waals surface area contributed by atoms with Gasteiger partial charge in [-0.1, -0.05) is 23.7 Å². The third-order valence-electron chi connectivity index (χ3n) is 15.3. The third kappa shape index (κ3) is 13.0. The number of fused-ring (bicyclic) bond motifs is 3. The quantitative estimate of drug-likeness (QED) is 0.0631. The molecule has 3 aromatic carbocycles. The summed E-state index contributed by atoms with van der Waals surface area (Å²) in [6, 6.07) is 19.3. The van der Waals surface area contributed by atoms with Gasteiger partial charge in [0, 0.05) is 23.6 Å². The van der Waals surface area contributed by atoms with Gasteiger partial charge in [-0.25, -0.2) is 9.18 Å². The molecule has 2 aromatic heterocycles. The van der Waals surface area contributed by atoms with Gasteiger partial charge in [-0.05, 0) is 93.7 Å². The molecular weight excluding hydrogens is 1160 g/mol. The number of halogens is 3. The molecule has 19 heteroatoms. The molecule has 84 heavy (non-hydrogen) atoms. The van der Waals surface area contributed by atoms with Crippen LogP contribution in [0, 0.1) is 25.6 Å². The summed E-state index contributed by atoms with van der Waals surface area (Å²) in [5.41, 5.74) is 12.3. The van der Waals surface area contributed by atoms with E-state index in [4.69, 9.17) is 55.4 Å². The van der Waals surface area contributed by atoms with Crippen molar-refractivity contribution in [1.82, 2.24) is 12.5 Å². The number of nitrogens with zero attached hydrogens (tertiary/aromatic N) is 4. The van der Waals surface area contributed by atoms with Crippen LogP contribution in [-0.2, 0) is 39.0 Å². The molecule has 5 aromatic rings. The molecule has 0 unspecified atom stereocenters. The molecule has 1 fully saturated rings. The van der Waals surface area contributed by atoms with Gasteiger partial charge in [0.1, 0.15) is 17.3 Å². The Balaban J connectivity index is 0.000000176. The minimum atomic E-state index is -1.91. The van der Waals surface area contributed by atoms with E-state index in [1.807, 2.05) is 88.4 Å². The molecule has 441 valence electrons. The Labute approximate surface area is 501 Å². The second kappa shape index (κ2) is 26.1. The molecule has 6 aliphatic heterocycles. The summed E-state index contributed by atoms with van der Waals surface area (Å²) >= 11 is 3.84. The fourth-order valence-corrected chi connectivity index (χ4v) is 14.0. The number of carboxylic acids is 2. The number of aliphatic carboxylic acids is 2. The summed E-state index contributed by atoms with van der Waals surface area (Å²) in [6.45, 7) is 24.4. The van der Waals surface area contributed by atoms with Crippen LogP contribution < -0.4 is 35.0 Å². The summed E-state index contributed by atoms with van der Waals surface area (Å²) in [6.07, 6.45) is 13.3. The number of benzene rings is 3. The zero-order chi connectivity index (χ0) is 60.1. The zero-order valence-corrected chi connectivity index (χ0v) is 50.5. The van der Waals surface area contributed by atoms with Gasteiger partial charge in [-0.2, -0.15) is 0 Å². The molecule has 6 bridgehead atoms. The monoisotopic (exact) mass is 1220 g/mol. The van der Waals surface area contributed by atoms with Crippen molar-refractivity contribution in [3.8, 4) is 23.0 Å². The molecule has 6 aliphatic rings. The average Bonchev–Trinajstić information content (AvgIpc) is 1.69. The molecule has 0 spiro atoms. The smallest absolute Gasteiger partial charge is 0.349 e. The minimum Gasteiger partial charge on any atom is -0.493 e. The number of ether oxygens (including phenoxy) is 5. The van der Waals surface area contributed by atoms with Crippen LogP contribution in [0.25, 0.3) is 30.4 Å².